The van der Waals surface area contributed by atoms with Crippen molar-refractivity contribution in [3.63, 3.8) is 0 Å². The summed E-state index contributed by atoms with van der Waals surface area (Å²) >= 11 is 0.886. The molecule has 98 valence electrons. The Bertz CT molecular complexity index is 653. The van der Waals surface area contributed by atoms with Crippen LogP contribution < -0.4 is 5.32 Å². The fraction of sp³-hybridized carbons (Fsp3) is 0.0909. The lowest BCUT2D eigenvalue weighted by atomic mass is 10.1. The summed E-state index contributed by atoms with van der Waals surface area (Å²) < 4.78 is 0. The molecule has 2 N–H and O–H groups in total. The highest BCUT2D eigenvalue weighted by molar-refractivity contribution is 7.18. The highest BCUT2D eigenvalue weighted by Gasteiger charge is 2.13. The Morgan fingerprint density at radius 1 is 1.53 bits per heavy atom. The van der Waals surface area contributed by atoms with Crippen molar-refractivity contribution in [2.24, 2.45) is 0 Å². The minimum Gasteiger partial charge on any atom is -0.478 e. The van der Waals surface area contributed by atoms with Gasteiger partial charge in [0.05, 0.1) is 10.5 Å². The first-order valence-corrected chi connectivity index (χ1v) is 6.00. The maximum absolute atomic E-state index is 11.0. The van der Waals surface area contributed by atoms with Crippen LogP contribution in [0, 0.1) is 17.0 Å². The van der Waals surface area contributed by atoms with Crippen molar-refractivity contribution in [2.45, 2.75) is 6.92 Å². The Morgan fingerprint density at radius 3 is 2.84 bits per heavy atom. The molecule has 0 saturated heterocycles. The van der Waals surface area contributed by atoms with E-state index in [4.69, 9.17) is 5.11 Å². The summed E-state index contributed by atoms with van der Waals surface area (Å²) in [5.41, 5.74) is 1.34. The lowest BCUT2D eigenvalue weighted by Crippen LogP contribution is -2.01. The second kappa shape index (κ2) is 5.02. The normalized spacial score (nSPS) is 10.2. The summed E-state index contributed by atoms with van der Waals surface area (Å²) in [6.07, 6.45) is 1.15. The number of carboxylic acid groups (broad SMARTS) is 1. The molecule has 0 aliphatic carbocycles. The molecule has 0 fully saturated rings. The molecule has 0 atom stereocenters. The highest BCUT2D eigenvalue weighted by atomic mass is 32.1. The van der Waals surface area contributed by atoms with Crippen molar-refractivity contribution < 1.29 is 14.8 Å². The average molecular weight is 279 g/mol. The Kier molecular flexibility index (Phi) is 3.43. The van der Waals surface area contributed by atoms with E-state index in [0.717, 1.165) is 17.5 Å². The van der Waals surface area contributed by atoms with E-state index in [1.165, 1.54) is 6.07 Å². The van der Waals surface area contributed by atoms with Gasteiger partial charge >= 0.3 is 11.0 Å². The molecule has 1 aromatic carbocycles. The van der Waals surface area contributed by atoms with E-state index in [-0.39, 0.29) is 10.6 Å². The van der Waals surface area contributed by atoms with Gasteiger partial charge in [-0.2, -0.15) is 0 Å². The molecule has 2 aromatic rings. The number of thiazole rings is 1. The number of carbonyl (C=O) groups is 1. The van der Waals surface area contributed by atoms with Gasteiger partial charge in [0.15, 0.2) is 5.13 Å². The van der Waals surface area contributed by atoms with Gasteiger partial charge in [-0.1, -0.05) is 6.07 Å². The number of aryl methyl sites for hydroxylation is 1. The maximum Gasteiger partial charge on any atom is 0.345 e. The molecule has 0 amide bonds. The summed E-state index contributed by atoms with van der Waals surface area (Å²) in [5, 5.41) is 22.6. The number of anilines is 2. The number of aromatic carboxylic acids is 1. The molecular weight excluding hydrogens is 270 g/mol. The van der Waals surface area contributed by atoms with Crippen LogP contribution in [-0.4, -0.2) is 21.0 Å². The summed E-state index contributed by atoms with van der Waals surface area (Å²) in [6.45, 7) is 1.70. The molecule has 0 saturated carbocycles. The molecule has 0 spiro atoms. The molecule has 0 bridgehead atoms. The summed E-state index contributed by atoms with van der Waals surface area (Å²) in [4.78, 5) is 24.8. The number of hydrogen-bond donors (Lipinski definition) is 2. The van der Waals surface area contributed by atoms with Gasteiger partial charge in [0.2, 0.25) is 0 Å². The van der Waals surface area contributed by atoms with E-state index >= 15 is 0 Å². The van der Waals surface area contributed by atoms with Gasteiger partial charge in [-0.15, -0.1) is 0 Å². The van der Waals surface area contributed by atoms with Gasteiger partial charge in [-0.3, -0.25) is 10.1 Å². The lowest BCUT2D eigenvalue weighted by Gasteiger charge is -2.05. The quantitative estimate of drug-likeness (QED) is 0.658. The minimum absolute atomic E-state index is 0.0759. The lowest BCUT2D eigenvalue weighted by molar-refractivity contribution is -0.380. The van der Waals surface area contributed by atoms with Crippen molar-refractivity contribution in [2.75, 3.05) is 5.32 Å². The number of nitrogens with one attached hydrogen (secondary N) is 1. The molecule has 0 aliphatic heterocycles. The van der Waals surface area contributed by atoms with Crippen LogP contribution in [0.25, 0.3) is 0 Å². The van der Waals surface area contributed by atoms with Crippen LogP contribution in [0.4, 0.5) is 15.8 Å². The van der Waals surface area contributed by atoms with Gasteiger partial charge < -0.3 is 10.4 Å². The maximum atomic E-state index is 11.0. The van der Waals surface area contributed by atoms with Crippen molar-refractivity contribution in [1.29, 1.82) is 0 Å². The topological polar surface area (TPSA) is 105 Å². The monoisotopic (exact) mass is 279 g/mol. The van der Waals surface area contributed by atoms with E-state index in [0.29, 0.717) is 16.4 Å². The molecule has 19 heavy (non-hydrogen) atoms. The third kappa shape index (κ3) is 2.86. The molecular formula is C11H9N3O4S. The fourth-order valence-electron chi connectivity index (χ4n) is 1.46. The van der Waals surface area contributed by atoms with E-state index in [1.807, 2.05) is 0 Å². The third-order valence-electron chi connectivity index (χ3n) is 2.39. The van der Waals surface area contributed by atoms with Gasteiger partial charge in [-0.05, 0) is 36.0 Å². The van der Waals surface area contributed by atoms with Crippen LogP contribution in [0.15, 0.2) is 24.4 Å². The zero-order valence-corrected chi connectivity index (χ0v) is 10.6. The number of hydrogen-bond acceptors (Lipinski definition) is 6. The smallest absolute Gasteiger partial charge is 0.345 e. The van der Waals surface area contributed by atoms with Crippen molar-refractivity contribution in [3.05, 3.63) is 45.6 Å². The highest BCUT2D eigenvalue weighted by Crippen LogP contribution is 2.28. The number of rotatable bonds is 4. The van der Waals surface area contributed by atoms with Crippen LogP contribution in [0.5, 0.6) is 0 Å². The van der Waals surface area contributed by atoms with Crippen LogP contribution in [0.1, 0.15) is 15.9 Å². The zero-order chi connectivity index (χ0) is 14.0. The second-order valence-electron chi connectivity index (χ2n) is 3.72. The number of nitrogens with zero attached hydrogens (tertiary/aromatic N) is 2. The second-order valence-corrected chi connectivity index (χ2v) is 4.73. The number of aromatic nitrogens is 1. The van der Waals surface area contributed by atoms with Crippen LogP contribution in [-0.2, 0) is 0 Å². The van der Waals surface area contributed by atoms with Gasteiger partial charge in [0, 0.05) is 5.69 Å². The Morgan fingerprint density at radius 2 is 2.26 bits per heavy atom. The molecule has 1 aromatic heterocycles. The van der Waals surface area contributed by atoms with Crippen molar-refractivity contribution in [1.82, 2.24) is 4.98 Å². The van der Waals surface area contributed by atoms with Crippen LogP contribution in [0.3, 0.4) is 0 Å². The van der Waals surface area contributed by atoms with Crippen molar-refractivity contribution >= 4 is 33.1 Å². The van der Waals surface area contributed by atoms with Gasteiger partial charge in [0.1, 0.15) is 6.20 Å². The predicted octanol–water partition coefficient (Wildman–Crippen LogP) is 2.80. The first-order valence-electron chi connectivity index (χ1n) is 5.18. The molecule has 0 aliphatic rings. The first-order chi connectivity index (χ1) is 8.97. The molecule has 0 unspecified atom stereocenters. The number of nitro groups is 1. The molecule has 2 rings (SSSR count). The first kappa shape index (κ1) is 13.0. The standard InChI is InChI=1S/C11H9N3O4S/c1-6-2-3-7(4-8(6)10(15)16)13-11-12-5-9(19-11)14(17)18/h2-5H,1H3,(H,12,13)(H,15,16). The van der Waals surface area contributed by atoms with E-state index < -0.39 is 10.9 Å². The minimum atomic E-state index is -1.02. The summed E-state index contributed by atoms with van der Waals surface area (Å²) in [5.74, 6) is -1.02. The molecule has 8 heteroatoms. The van der Waals surface area contributed by atoms with E-state index in [9.17, 15) is 14.9 Å². The van der Waals surface area contributed by atoms with E-state index in [1.54, 1.807) is 19.1 Å². The molecule has 0 radical (unpaired) electrons. The average Bonchev–Trinajstić information content (AvgIpc) is 2.80. The Balaban J connectivity index is 2.25. The fourth-order valence-corrected chi connectivity index (χ4v) is 2.11. The Labute approximate surface area is 111 Å². The number of carboxylic acids is 1. The summed E-state index contributed by atoms with van der Waals surface area (Å²) in [6, 6.07) is 4.81. The largest absolute Gasteiger partial charge is 0.478 e. The van der Waals surface area contributed by atoms with Gasteiger partial charge in [-0.25, -0.2) is 9.78 Å². The molecule has 7 nitrogen and oxygen atoms in total. The van der Waals surface area contributed by atoms with Crippen LogP contribution >= 0.6 is 11.3 Å². The van der Waals surface area contributed by atoms with Crippen molar-refractivity contribution in [3.8, 4) is 0 Å². The number of benzene rings is 1. The summed E-state index contributed by atoms with van der Waals surface area (Å²) in [7, 11) is 0. The van der Waals surface area contributed by atoms with Crippen LogP contribution in [0.2, 0.25) is 0 Å². The SMILES string of the molecule is Cc1ccc(Nc2ncc([N+](=O)[O-])s2)cc1C(=O)O. The predicted molar refractivity (Wildman–Crippen MR) is 70.2 cm³/mol. The van der Waals surface area contributed by atoms with Gasteiger partial charge in [0.25, 0.3) is 0 Å². The van der Waals surface area contributed by atoms with E-state index in [2.05, 4.69) is 10.3 Å². The molecule has 1 heterocycles. The Hall–Kier alpha value is -2.48. The zero-order valence-electron chi connectivity index (χ0n) is 9.78. The third-order valence-corrected chi connectivity index (χ3v) is 3.26.